The number of anilines is 1. The second kappa shape index (κ2) is 5.04. The van der Waals surface area contributed by atoms with E-state index in [-0.39, 0.29) is 6.04 Å². The first-order chi connectivity index (χ1) is 8.18. The van der Waals surface area contributed by atoms with Crippen molar-refractivity contribution >= 4 is 5.95 Å². The van der Waals surface area contributed by atoms with Crippen LogP contribution in [-0.2, 0) is 0 Å². The second-order valence-corrected chi connectivity index (χ2v) is 4.53. The van der Waals surface area contributed by atoms with Gasteiger partial charge in [0.1, 0.15) is 0 Å². The molecule has 1 unspecified atom stereocenters. The van der Waals surface area contributed by atoms with Crippen molar-refractivity contribution < 1.29 is 0 Å². The number of rotatable bonds is 4. The zero-order chi connectivity index (χ0) is 12.3. The number of nitrogens with one attached hydrogen (secondary N) is 1. The molecule has 0 aliphatic rings. The number of benzene rings is 1. The number of aromatic nitrogens is 2. The van der Waals surface area contributed by atoms with Gasteiger partial charge >= 0.3 is 0 Å². The Kier molecular flexibility index (Phi) is 3.47. The lowest BCUT2D eigenvalue weighted by molar-refractivity contribution is 0.600. The van der Waals surface area contributed by atoms with Gasteiger partial charge in [0.05, 0.1) is 6.04 Å². The smallest absolute Gasteiger partial charge is 0.203 e. The third kappa shape index (κ3) is 2.67. The highest BCUT2D eigenvalue weighted by atomic mass is 15.2. The minimum atomic E-state index is 0.260. The highest BCUT2D eigenvalue weighted by Crippen LogP contribution is 2.19. The standard InChI is InChI=1S/C14H19N3/c1-11(2)17-10-9-15-14(17)16-12(3)13-7-5-4-6-8-13/h4-12H,1-3H3,(H,15,16). The van der Waals surface area contributed by atoms with Gasteiger partial charge in [0, 0.05) is 18.4 Å². The Morgan fingerprint density at radius 2 is 1.82 bits per heavy atom. The van der Waals surface area contributed by atoms with Crippen LogP contribution in [0.15, 0.2) is 42.7 Å². The molecule has 0 aliphatic carbocycles. The molecule has 3 nitrogen and oxygen atoms in total. The molecule has 1 N–H and O–H groups in total. The molecule has 1 atom stereocenters. The summed E-state index contributed by atoms with van der Waals surface area (Å²) >= 11 is 0. The lowest BCUT2D eigenvalue weighted by Gasteiger charge is -2.18. The van der Waals surface area contributed by atoms with Gasteiger partial charge in [-0.2, -0.15) is 0 Å². The van der Waals surface area contributed by atoms with Crippen LogP contribution in [-0.4, -0.2) is 9.55 Å². The van der Waals surface area contributed by atoms with Crippen LogP contribution in [0.4, 0.5) is 5.95 Å². The van der Waals surface area contributed by atoms with Crippen LogP contribution in [0.1, 0.15) is 38.4 Å². The Morgan fingerprint density at radius 1 is 1.12 bits per heavy atom. The van der Waals surface area contributed by atoms with Gasteiger partial charge in [-0.15, -0.1) is 0 Å². The summed E-state index contributed by atoms with van der Waals surface area (Å²) in [4.78, 5) is 4.35. The second-order valence-electron chi connectivity index (χ2n) is 4.53. The van der Waals surface area contributed by atoms with Crippen molar-refractivity contribution in [2.45, 2.75) is 32.9 Å². The summed E-state index contributed by atoms with van der Waals surface area (Å²) < 4.78 is 2.14. The Balaban J connectivity index is 2.13. The fraction of sp³-hybridized carbons (Fsp3) is 0.357. The number of nitrogens with zero attached hydrogens (tertiary/aromatic N) is 2. The van der Waals surface area contributed by atoms with Gasteiger partial charge in [-0.3, -0.25) is 0 Å². The van der Waals surface area contributed by atoms with Gasteiger partial charge in [-0.25, -0.2) is 4.98 Å². The summed E-state index contributed by atoms with van der Waals surface area (Å²) in [6.45, 7) is 6.45. The normalized spacial score (nSPS) is 12.7. The summed E-state index contributed by atoms with van der Waals surface area (Å²) in [5, 5.41) is 3.44. The van der Waals surface area contributed by atoms with Gasteiger partial charge in [0.2, 0.25) is 5.95 Å². The molecule has 2 rings (SSSR count). The van der Waals surface area contributed by atoms with Crippen LogP contribution >= 0.6 is 0 Å². The molecule has 0 spiro atoms. The molecule has 0 aliphatic heterocycles. The maximum Gasteiger partial charge on any atom is 0.203 e. The molecule has 0 fully saturated rings. The summed E-state index contributed by atoms with van der Waals surface area (Å²) in [6.07, 6.45) is 3.84. The number of hydrogen-bond acceptors (Lipinski definition) is 2. The number of imidazole rings is 1. The maximum atomic E-state index is 4.35. The summed E-state index contributed by atoms with van der Waals surface area (Å²) in [5.41, 5.74) is 1.27. The van der Waals surface area contributed by atoms with Gasteiger partial charge < -0.3 is 9.88 Å². The molecular formula is C14H19N3. The van der Waals surface area contributed by atoms with E-state index in [0.29, 0.717) is 6.04 Å². The molecule has 17 heavy (non-hydrogen) atoms. The Labute approximate surface area is 103 Å². The number of hydrogen-bond donors (Lipinski definition) is 1. The Bertz CT molecular complexity index is 459. The zero-order valence-electron chi connectivity index (χ0n) is 10.6. The lowest BCUT2D eigenvalue weighted by atomic mass is 10.1. The van der Waals surface area contributed by atoms with Crippen molar-refractivity contribution in [3.63, 3.8) is 0 Å². The predicted octanol–water partition coefficient (Wildman–Crippen LogP) is 3.64. The van der Waals surface area contributed by atoms with Crippen molar-refractivity contribution in [2.24, 2.45) is 0 Å². The van der Waals surface area contributed by atoms with Crippen LogP contribution in [0.5, 0.6) is 0 Å². The Hall–Kier alpha value is -1.77. The van der Waals surface area contributed by atoms with E-state index >= 15 is 0 Å². The summed E-state index contributed by atoms with van der Waals surface area (Å²) in [6, 6.07) is 11.1. The molecule has 2 aromatic rings. The van der Waals surface area contributed by atoms with Crippen LogP contribution in [0.2, 0.25) is 0 Å². The lowest BCUT2D eigenvalue weighted by Crippen LogP contribution is -2.12. The molecular weight excluding hydrogens is 210 g/mol. The molecule has 3 heteroatoms. The largest absolute Gasteiger partial charge is 0.349 e. The molecule has 0 saturated heterocycles. The zero-order valence-corrected chi connectivity index (χ0v) is 10.6. The average Bonchev–Trinajstić information content (AvgIpc) is 2.78. The van der Waals surface area contributed by atoms with Crippen LogP contribution in [0, 0.1) is 0 Å². The van der Waals surface area contributed by atoms with E-state index in [2.05, 4.69) is 59.9 Å². The molecule has 1 aromatic heterocycles. The van der Waals surface area contributed by atoms with Crippen molar-refractivity contribution in [2.75, 3.05) is 5.32 Å². The predicted molar refractivity (Wildman–Crippen MR) is 71.1 cm³/mol. The van der Waals surface area contributed by atoms with Crippen molar-refractivity contribution in [1.82, 2.24) is 9.55 Å². The van der Waals surface area contributed by atoms with E-state index in [4.69, 9.17) is 0 Å². The van der Waals surface area contributed by atoms with Gasteiger partial charge in [0.15, 0.2) is 0 Å². The molecule has 1 aromatic carbocycles. The minimum Gasteiger partial charge on any atom is -0.349 e. The molecule has 0 bridgehead atoms. The van der Waals surface area contributed by atoms with E-state index in [1.54, 1.807) is 0 Å². The van der Waals surface area contributed by atoms with E-state index < -0.39 is 0 Å². The first-order valence-corrected chi connectivity index (χ1v) is 6.03. The van der Waals surface area contributed by atoms with E-state index in [1.807, 2.05) is 18.5 Å². The minimum absolute atomic E-state index is 0.260. The van der Waals surface area contributed by atoms with E-state index in [1.165, 1.54) is 5.56 Å². The Morgan fingerprint density at radius 3 is 2.47 bits per heavy atom. The van der Waals surface area contributed by atoms with Gasteiger partial charge in [0.25, 0.3) is 0 Å². The average molecular weight is 229 g/mol. The summed E-state index contributed by atoms with van der Waals surface area (Å²) in [5.74, 6) is 0.927. The van der Waals surface area contributed by atoms with Gasteiger partial charge in [-0.05, 0) is 26.3 Å². The van der Waals surface area contributed by atoms with Crippen LogP contribution in [0.3, 0.4) is 0 Å². The highest BCUT2D eigenvalue weighted by Gasteiger charge is 2.10. The summed E-state index contributed by atoms with van der Waals surface area (Å²) in [7, 11) is 0. The van der Waals surface area contributed by atoms with Crippen molar-refractivity contribution in [3.8, 4) is 0 Å². The SMILES string of the molecule is CC(Nc1nccn1C(C)C)c1ccccc1. The third-order valence-corrected chi connectivity index (χ3v) is 2.87. The van der Waals surface area contributed by atoms with Crippen molar-refractivity contribution in [3.05, 3.63) is 48.3 Å². The molecule has 0 amide bonds. The molecule has 90 valence electrons. The molecule has 1 heterocycles. The molecule has 0 radical (unpaired) electrons. The van der Waals surface area contributed by atoms with Crippen LogP contribution in [0.25, 0.3) is 0 Å². The first-order valence-electron chi connectivity index (χ1n) is 6.03. The van der Waals surface area contributed by atoms with E-state index in [0.717, 1.165) is 5.95 Å². The topological polar surface area (TPSA) is 29.9 Å². The fourth-order valence-corrected chi connectivity index (χ4v) is 1.86. The quantitative estimate of drug-likeness (QED) is 0.867. The maximum absolute atomic E-state index is 4.35. The first kappa shape index (κ1) is 11.7. The molecule has 0 saturated carbocycles. The third-order valence-electron chi connectivity index (χ3n) is 2.87. The highest BCUT2D eigenvalue weighted by molar-refractivity contribution is 5.32. The fourth-order valence-electron chi connectivity index (χ4n) is 1.86. The monoisotopic (exact) mass is 229 g/mol. The van der Waals surface area contributed by atoms with E-state index in [9.17, 15) is 0 Å². The van der Waals surface area contributed by atoms with Gasteiger partial charge in [-0.1, -0.05) is 30.3 Å². The van der Waals surface area contributed by atoms with Crippen molar-refractivity contribution in [1.29, 1.82) is 0 Å². The van der Waals surface area contributed by atoms with Crippen LogP contribution < -0.4 is 5.32 Å².